The van der Waals surface area contributed by atoms with Crippen LogP contribution in [0.2, 0.25) is 0 Å². The lowest BCUT2D eigenvalue weighted by atomic mass is 9.87. The second-order valence-electron chi connectivity index (χ2n) is 7.64. The van der Waals surface area contributed by atoms with E-state index in [1.807, 2.05) is 0 Å². The molecular weight excluding hydrogens is 457 g/mol. The lowest BCUT2D eigenvalue weighted by Gasteiger charge is -2.34. The first-order chi connectivity index (χ1) is 16.1. The standard InChI is InChI=1S/C22H23F3N4O5/c1-26-12-18(30)27-16-9-5-11-28(20(16)32)13-19(31)29(34-21(33)22(23,24)25)17-10-4-7-14-6-2-3-8-15(14)17/h2-3,5-6,8-9,11,17,26H,4,7,10,12-13H2,1H3,(H,27,30). The quantitative estimate of drug-likeness (QED) is 0.612. The van der Waals surface area contributed by atoms with Crippen molar-refractivity contribution in [1.82, 2.24) is 14.9 Å². The average molecular weight is 480 g/mol. The summed E-state index contributed by atoms with van der Waals surface area (Å²) in [5.41, 5.74) is 0.535. The van der Waals surface area contributed by atoms with Gasteiger partial charge in [-0.15, -0.1) is 0 Å². The SMILES string of the molecule is CNCC(=O)Nc1cccn(CC(=O)N(OC(=O)C(F)(F)F)C2CCCc3ccccc32)c1=O. The van der Waals surface area contributed by atoms with E-state index in [0.29, 0.717) is 23.5 Å². The van der Waals surface area contributed by atoms with E-state index in [4.69, 9.17) is 0 Å². The zero-order chi connectivity index (χ0) is 24.9. The van der Waals surface area contributed by atoms with E-state index in [2.05, 4.69) is 15.5 Å². The van der Waals surface area contributed by atoms with Crippen LogP contribution in [-0.2, 0) is 32.2 Å². The summed E-state index contributed by atoms with van der Waals surface area (Å²) in [6.07, 6.45) is -2.59. The molecule has 2 amide bonds. The van der Waals surface area contributed by atoms with E-state index < -0.39 is 42.1 Å². The van der Waals surface area contributed by atoms with Crippen LogP contribution >= 0.6 is 0 Å². The van der Waals surface area contributed by atoms with Crippen molar-refractivity contribution in [2.75, 3.05) is 18.9 Å². The highest BCUT2D eigenvalue weighted by Crippen LogP contribution is 2.35. The molecule has 0 radical (unpaired) electrons. The molecule has 12 heteroatoms. The number of anilines is 1. The van der Waals surface area contributed by atoms with Crippen LogP contribution in [-0.4, -0.2) is 47.2 Å². The van der Waals surface area contributed by atoms with Gasteiger partial charge in [0, 0.05) is 6.20 Å². The lowest BCUT2D eigenvalue weighted by molar-refractivity contribution is -0.245. The fourth-order valence-corrected chi connectivity index (χ4v) is 3.73. The Bertz CT molecular complexity index is 1130. The monoisotopic (exact) mass is 480 g/mol. The van der Waals surface area contributed by atoms with Gasteiger partial charge in [-0.1, -0.05) is 24.3 Å². The highest BCUT2D eigenvalue weighted by atomic mass is 19.4. The van der Waals surface area contributed by atoms with E-state index in [9.17, 15) is 32.3 Å². The Labute approximate surface area is 192 Å². The molecule has 0 saturated heterocycles. The maximum Gasteiger partial charge on any atom is 0.493 e. The Kier molecular flexibility index (Phi) is 7.72. The largest absolute Gasteiger partial charge is 0.493 e. The van der Waals surface area contributed by atoms with E-state index in [0.717, 1.165) is 10.1 Å². The first-order valence-electron chi connectivity index (χ1n) is 10.4. The molecule has 9 nitrogen and oxygen atoms in total. The Morgan fingerprint density at radius 2 is 1.91 bits per heavy atom. The van der Waals surface area contributed by atoms with Crippen LogP contribution in [0.25, 0.3) is 0 Å². The van der Waals surface area contributed by atoms with Crippen molar-refractivity contribution >= 4 is 23.5 Å². The summed E-state index contributed by atoms with van der Waals surface area (Å²) in [5.74, 6) is -4.06. The number of fused-ring (bicyclic) bond motifs is 1. The van der Waals surface area contributed by atoms with Gasteiger partial charge in [-0.25, -0.2) is 4.79 Å². The molecule has 1 aliphatic carbocycles. The van der Waals surface area contributed by atoms with Crippen LogP contribution in [0.5, 0.6) is 0 Å². The van der Waals surface area contributed by atoms with Crippen molar-refractivity contribution in [3.63, 3.8) is 0 Å². The van der Waals surface area contributed by atoms with Gasteiger partial charge in [0.1, 0.15) is 12.2 Å². The third kappa shape index (κ3) is 5.81. The molecule has 3 rings (SSSR count). The van der Waals surface area contributed by atoms with Crippen molar-refractivity contribution in [3.05, 3.63) is 64.1 Å². The predicted molar refractivity (Wildman–Crippen MR) is 114 cm³/mol. The number of hydrogen-bond acceptors (Lipinski definition) is 6. The Morgan fingerprint density at radius 1 is 1.18 bits per heavy atom. The molecule has 1 unspecified atom stereocenters. The maximum absolute atomic E-state index is 13.1. The number of likely N-dealkylation sites (N-methyl/N-ethyl adjacent to an activating group) is 1. The predicted octanol–water partition coefficient (Wildman–Crippen LogP) is 1.93. The summed E-state index contributed by atoms with van der Waals surface area (Å²) in [7, 11) is 1.54. The summed E-state index contributed by atoms with van der Waals surface area (Å²) in [5, 5.41) is 5.42. The van der Waals surface area contributed by atoms with Crippen molar-refractivity contribution in [2.45, 2.75) is 38.0 Å². The van der Waals surface area contributed by atoms with Gasteiger partial charge in [0.15, 0.2) is 0 Å². The Hall–Kier alpha value is -3.67. The number of alkyl halides is 3. The molecule has 0 aliphatic heterocycles. The minimum absolute atomic E-state index is 0.0600. The van der Waals surface area contributed by atoms with Crippen LogP contribution < -0.4 is 16.2 Å². The highest BCUT2D eigenvalue weighted by Gasteiger charge is 2.45. The number of halogens is 3. The van der Waals surface area contributed by atoms with Gasteiger partial charge < -0.3 is 20.0 Å². The normalized spacial score (nSPS) is 15.2. The molecule has 0 spiro atoms. The van der Waals surface area contributed by atoms with Gasteiger partial charge >= 0.3 is 12.1 Å². The van der Waals surface area contributed by atoms with E-state index >= 15 is 0 Å². The molecular formula is C22H23F3N4O5. The van der Waals surface area contributed by atoms with Crippen LogP contribution in [0.1, 0.15) is 30.0 Å². The lowest BCUT2D eigenvalue weighted by Crippen LogP contribution is -2.44. The number of amides is 2. The van der Waals surface area contributed by atoms with Crippen molar-refractivity contribution in [3.8, 4) is 0 Å². The first-order valence-corrected chi connectivity index (χ1v) is 10.4. The average Bonchev–Trinajstić information content (AvgIpc) is 2.79. The van der Waals surface area contributed by atoms with E-state index in [1.54, 1.807) is 31.3 Å². The molecule has 182 valence electrons. The third-order valence-corrected chi connectivity index (χ3v) is 5.22. The highest BCUT2D eigenvalue weighted by molar-refractivity contribution is 5.92. The van der Waals surface area contributed by atoms with Gasteiger partial charge in [0.2, 0.25) is 5.91 Å². The zero-order valence-corrected chi connectivity index (χ0v) is 18.2. The number of benzene rings is 1. The Balaban J connectivity index is 1.91. The van der Waals surface area contributed by atoms with E-state index in [-0.39, 0.29) is 18.7 Å². The summed E-state index contributed by atoms with van der Waals surface area (Å²) >= 11 is 0. The van der Waals surface area contributed by atoms with E-state index in [1.165, 1.54) is 18.3 Å². The number of carbonyl (C=O) groups is 3. The molecule has 1 aromatic heterocycles. The molecule has 1 aromatic carbocycles. The van der Waals surface area contributed by atoms with Gasteiger partial charge in [0.05, 0.1) is 12.6 Å². The number of nitrogens with zero attached hydrogens (tertiary/aromatic N) is 2. The molecule has 1 heterocycles. The maximum atomic E-state index is 13.1. The number of aryl methyl sites for hydroxylation is 1. The second-order valence-corrected chi connectivity index (χ2v) is 7.64. The number of hydrogen-bond donors (Lipinski definition) is 2. The van der Waals surface area contributed by atoms with Gasteiger partial charge in [-0.3, -0.25) is 14.4 Å². The number of aromatic nitrogens is 1. The molecule has 2 N–H and O–H groups in total. The van der Waals surface area contributed by atoms with Gasteiger partial charge in [0.25, 0.3) is 11.5 Å². The van der Waals surface area contributed by atoms with Crippen LogP contribution in [0, 0.1) is 0 Å². The van der Waals surface area contributed by atoms with Crippen molar-refractivity contribution < 1.29 is 32.4 Å². The first kappa shape index (κ1) is 25.0. The summed E-state index contributed by atoms with van der Waals surface area (Å²) in [6.45, 7) is -0.770. The molecule has 0 bridgehead atoms. The number of pyridine rings is 1. The number of rotatable bonds is 6. The van der Waals surface area contributed by atoms with Crippen LogP contribution in [0.4, 0.5) is 18.9 Å². The summed E-state index contributed by atoms with van der Waals surface area (Å²) < 4.78 is 39.8. The van der Waals surface area contributed by atoms with Crippen molar-refractivity contribution in [2.24, 2.45) is 0 Å². The molecule has 34 heavy (non-hydrogen) atoms. The molecule has 1 aliphatic rings. The second kappa shape index (κ2) is 10.5. The zero-order valence-electron chi connectivity index (χ0n) is 18.2. The minimum Gasteiger partial charge on any atom is -0.329 e. The fraction of sp³-hybridized carbons (Fsp3) is 0.364. The summed E-state index contributed by atoms with van der Waals surface area (Å²) in [6, 6.07) is 8.66. The number of hydroxylamine groups is 2. The molecule has 2 aromatic rings. The van der Waals surface area contributed by atoms with Gasteiger partial charge in [-0.05, 0) is 49.6 Å². The van der Waals surface area contributed by atoms with Crippen LogP contribution in [0.3, 0.4) is 0 Å². The molecule has 1 atom stereocenters. The minimum atomic E-state index is -5.32. The van der Waals surface area contributed by atoms with Gasteiger partial charge in [-0.2, -0.15) is 18.2 Å². The van der Waals surface area contributed by atoms with Crippen molar-refractivity contribution in [1.29, 1.82) is 0 Å². The number of nitrogens with one attached hydrogen (secondary N) is 2. The topological polar surface area (TPSA) is 110 Å². The van der Waals surface area contributed by atoms with Crippen LogP contribution in [0.15, 0.2) is 47.4 Å². The summed E-state index contributed by atoms with van der Waals surface area (Å²) in [4.78, 5) is 53.7. The Morgan fingerprint density at radius 3 is 2.62 bits per heavy atom. The fourth-order valence-electron chi connectivity index (χ4n) is 3.73. The third-order valence-electron chi connectivity index (χ3n) is 5.22. The molecule has 0 fully saturated rings. The smallest absolute Gasteiger partial charge is 0.329 e. The number of carbonyl (C=O) groups excluding carboxylic acids is 3. The molecule has 0 saturated carbocycles.